The molecule has 0 aliphatic heterocycles. The van der Waals surface area contributed by atoms with Crippen LogP contribution in [0, 0.1) is 13.8 Å². The number of hydrogen-bond acceptors (Lipinski definition) is 5. The van der Waals surface area contributed by atoms with Gasteiger partial charge in [-0.05, 0) is 32.0 Å². The second kappa shape index (κ2) is 5.48. The molecule has 0 saturated carbocycles. The van der Waals surface area contributed by atoms with Crippen molar-refractivity contribution in [1.82, 2.24) is 19.7 Å². The number of nitrogen functional groups attached to an aromatic ring is 1. The molecular weight excluding hydrogens is 276 g/mol. The number of rotatable bonds is 3. The van der Waals surface area contributed by atoms with E-state index >= 15 is 0 Å². The zero-order chi connectivity index (χ0) is 15.7. The predicted octanol–water partition coefficient (Wildman–Crippen LogP) is 2.63. The Morgan fingerprint density at radius 3 is 2.45 bits per heavy atom. The fraction of sp³-hybridized carbons (Fsp3) is 0.188. The Labute approximate surface area is 129 Å². The number of anilines is 3. The molecule has 0 fully saturated rings. The van der Waals surface area contributed by atoms with Crippen LogP contribution in [0.2, 0.25) is 0 Å². The highest BCUT2D eigenvalue weighted by Crippen LogP contribution is 2.29. The average molecular weight is 294 g/mol. The van der Waals surface area contributed by atoms with Crippen LogP contribution in [0.3, 0.4) is 0 Å². The number of aromatic nitrogens is 4. The van der Waals surface area contributed by atoms with Crippen LogP contribution in [0.15, 0.2) is 42.7 Å². The van der Waals surface area contributed by atoms with Crippen LogP contribution in [0.5, 0.6) is 0 Å². The van der Waals surface area contributed by atoms with Crippen molar-refractivity contribution >= 4 is 17.2 Å². The summed E-state index contributed by atoms with van der Waals surface area (Å²) in [6.07, 6.45) is 1.51. The van der Waals surface area contributed by atoms with Gasteiger partial charge in [-0.3, -0.25) is 0 Å². The van der Waals surface area contributed by atoms with Crippen molar-refractivity contribution in [3.63, 3.8) is 0 Å². The summed E-state index contributed by atoms with van der Waals surface area (Å²) in [6, 6.07) is 11.9. The molecule has 0 radical (unpaired) electrons. The largest absolute Gasteiger partial charge is 0.393 e. The lowest BCUT2D eigenvalue weighted by molar-refractivity contribution is 0.803. The van der Waals surface area contributed by atoms with E-state index in [-0.39, 0.29) is 0 Å². The summed E-state index contributed by atoms with van der Waals surface area (Å²) >= 11 is 0. The minimum absolute atomic E-state index is 0.500. The first-order chi connectivity index (χ1) is 10.6. The molecule has 2 heterocycles. The molecule has 0 atom stereocenters. The van der Waals surface area contributed by atoms with Crippen molar-refractivity contribution in [2.75, 3.05) is 17.7 Å². The monoisotopic (exact) mass is 294 g/mol. The summed E-state index contributed by atoms with van der Waals surface area (Å²) in [5, 5.41) is 4.44. The van der Waals surface area contributed by atoms with E-state index in [0.717, 1.165) is 17.1 Å². The summed E-state index contributed by atoms with van der Waals surface area (Å²) in [4.78, 5) is 10.6. The Hall–Kier alpha value is -2.89. The fourth-order valence-electron chi connectivity index (χ4n) is 2.43. The third kappa shape index (κ3) is 2.39. The van der Waals surface area contributed by atoms with Crippen LogP contribution < -0.4 is 10.6 Å². The molecule has 3 aromatic rings. The molecule has 0 unspecified atom stereocenters. The Kier molecular flexibility index (Phi) is 3.50. The van der Waals surface area contributed by atoms with Crippen LogP contribution in [-0.4, -0.2) is 26.8 Å². The molecule has 0 amide bonds. The maximum atomic E-state index is 6.30. The molecule has 2 N–H and O–H groups in total. The molecule has 0 saturated heterocycles. The van der Waals surface area contributed by atoms with Crippen LogP contribution in [0.4, 0.5) is 17.2 Å². The van der Waals surface area contributed by atoms with Gasteiger partial charge in [0.2, 0.25) is 0 Å². The maximum Gasteiger partial charge on any atom is 0.182 e. The fourth-order valence-corrected chi connectivity index (χ4v) is 2.43. The third-order valence-electron chi connectivity index (χ3n) is 3.51. The first-order valence-electron chi connectivity index (χ1n) is 7.01. The van der Waals surface area contributed by atoms with Crippen molar-refractivity contribution in [3.05, 3.63) is 54.1 Å². The first-order valence-corrected chi connectivity index (χ1v) is 7.01. The van der Waals surface area contributed by atoms with Gasteiger partial charge in [-0.2, -0.15) is 5.10 Å². The molecule has 22 heavy (non-hydrogen) atoms. The highest BCUT2D eigenvalue weighted by Gasteiger charge is 2.16. The standard InChI is InChI=1S/C16H18N6/c1-11-9-12(2)22(20-11)16-14(17)15(18-10-19-16)21(3)13-7-5-4-6-8-13/h4-10H,17H2,1-3H3. The zero-order valence-electron chi connectivity index (χ0n) is 12.9. The Morgan fingerprint density at radius 2 is 1.82 bits per heavy atom. The van der Waals surface area contributed by atoms with Crippen molar-refractivity contribution < 1.29 is 0 Å². The lowest BCUT2D eigenvalue weighted by Crippen LogP contribution is -2.16. The van der Waals surface area contributed by atoms with Crippen LogP contribution in [0.25, 0.3) is 5.82 Å². The van der Waals surface area contributed by atoms with Crippen molar-refractivity contribution in [1.29, 1.82) is 0 Å². The molecule has 1 aromatic carbocycles. The minimum Gasteiger partial charge on any atom is -0.393 e. The second-order valence-corrected chi connectivity index (χ2v) is 5.17. The molecular formula is C16H18N6. The summed E-state index contributed by atoms with van der Waals surface area (Å²) in [7, 11) is 1.93. The highest BCUT2D eigenvalue weighted by atomic mass is 15.3. The number of nitrogens with zero attached hydrogens (tertiary/aromatic N) is 5. The van der Waals surface area contributed by atoms with E-state index in [2.05, 4.69) is 15.1 Å². The Balaban J connectivity index is 2.08. The summed E-state index contributed by atoms with van der Waals surface area (Å²) in [5.74, 6) is 1.25. The number of aryl methyl sites for hydroxylation is 2. The Bertz CT molecular complexity index is 794. The molecule has 112 valence electrons. The summed E-state index contributed by atoms with van der Waals surface area (Å²) in [6.45, 7) is 3.92. The van der Waals surface area contributed by atoms with Crippen molar-refractivity contribution in [2.45, 2.75) is 13.8 Å². The van der Waals surface area contributed by atoms with Gasteiger partial charge in [0.05, 0.1) is 5.69 Å². The van der Waals surface area contributed by atoms with Gasteiger partial charge >= 0.3 is 0 Å². The van der Waals surface area contributed by atoms with E-state index in [1.54, 1.807) is 4.68 Å². The van der Waals surface area contributed by atoms with Gasteiger partial charge in [-0.1, -0.05) is 18.2 Å². The molecule has 0 spiro atoms. The molecule has 3 rings (SSSR count). The van der Waals surface area contributed by atoms with Crippen LogP contribution in [0.1, 0.15) is 11.4 Å². The molecule has 0 bridgehead atoms. The SMILES string of the molecule is Cc1cc(C)n(-c2ncnc(N(C)c3ccccc3)c2N)n1. The third-order valence-corrected chi connectivity index (χ3v) is 3.51. The molecule has 0 aliphatic rings. The molecule has 2 aromatic heterocycles. The zero-order valence-corrected chi connectivity index (χ0v) is 12.9. The highest BCUT2D eigenvalue weighted by molar-refractivity contribution is 5.75. The summed E-state index contributed by atoms with van der Waals surface area (Å²) in [5.41, 5.74) is 9.72. The van der Waals surface area contributed by atoms with E-state index in [4.69, 9.17) is 5.73 Å². The normalized spacial score (nSPS) is 10.7. The number of nitrogens with two attached hydrogens (primary N) is 1. The lowest BCUT2D eigenvalue weighted by Gasteiger charge is -2.20. The van der Waals surface area contributed by atoms with E-state index < -0.39 is 0 Å². The smallest absolute Gasteiger partial charge is 0.182 e. The Morgan fingerprint density at radius 1 is 1.09 bits per heavy atom. The van der Waals surface area contributed by atoms with E-state index in [1.807, 2.05) is 62.2 Å². The van der Waals surface area contributed by atoms with Gasteiger partial charge in [0.1, 0.15) is 12.0 Å². The van der Waals surface area contributed by atoms with E-state index in [0.29, 0.717) is 17.3 Å². The number of hydrogen-bond donors (Lipinski definition) is 1. The molecule has 0 aliphatic carbocycles. The first kappa shape index (κ1) is 14.1. The molecule has 6 heteroatoms. The topological polar surface area (TPSA) is 72.9 Å². The van der Waals surface area contributed by atoms with Gasteiger partial charge < -0.3 is 10.6 Å². The van der Waals surface area contributed by atoms with Crippen molar-refractivity contribution in [2.24, 2.45) is 0 Å². The quantitative estimate of drug-likeness (QED) is 0.804. The van der Waals surface area contributed by atoms with Gasteiger partial charge in [-0.25, -0.2) is 14.6 Å². The minimum atomic E-state index is 0.500. The number of benzene rings is 1. The average Bonchev–Trinajstić information content (AvgIpc) is 2.86. The summed E-state index contributed by atoms with van der Waals surface area (Å²) < 4.78 is 1.74. The molecule has 6 nitrogen and oxygen atoms in total. The van der Waals surface area contributed by atoms with Gasteiger partial charge in [0.25, 0.3) is 0 Å². The van der Waals surface area contributed by atoms with Gasteiger partial charge in [0, 0.05) is 18.4 Å². The predicted molar refractivity (Wildman–Crippen MR) is 87.5 cm³/mol. The van der Waals surface area contributed by atoms with Crippen LogP contribution in [-0.2, 0) is 0 Å². The van der Waals surface area contributed by atoms with Crippen LogP contribution >= 0.6 is 0 Å². The van der Waals surface area contributed by atoms with Gasteiger partial charge in [0.15, 0.2) is 11.6 Å². The maximum absolute atomic E-state index is 6.30. The number of para-hydroxylation sites is 1. The van der Waals surface area contributed by atoms with E-state index in [1.165, 1.54) is 6.33 Å². The van der Waals surface area contributed by atoms with Crippen molar-refractivity contribution in [3.8, 4) is 5.82 Å². The van der Waals surface area contributed by atoms with Gasteiger partial charge in [-0.15, -0.1) is 0 Å². The lowest BCUT2D eigenvalue weighted by atomic mass is 10.3. The second-order valence-electron chi connectivity index (χ2n) is 5.17. The van der Waals surface area contributed by atoms with E-state index in [9.17, 15) is 0 Å².